The molecule has 5 nitrogen and oxygen atoms in total. The van der Waals surface area contributed by atoms with E-state index in [4.69, 9.17) is 4.42 Å². The molecule has 0 spiro atoms. The van der Waals surface area contributed by atoms with Gasteiger partial charge in [0.15, 0.2) is 11.5 Å². The minimum absolute atomic E-state index is 0.0898. The Hall–Kier alpha value is -2.89. The molecule has 3 heterocycles. The van der Waals surface area contributed by atoms with E-state index in [0.29, 0.717) is 30.2 Å². The van der Waals surface area contributed by atoms with E-state index in [1.807, 2.05) is 23.1 Å². The Labute approximate surface area is 150 Å². The number of aromatic nitrogens is 2. The number of hydrogen-bond donors (Lipinski definition) is 1. The van der Waals surface area contributed by atoms with Gasteiger partial charge in [0.25, 0.3) is 5.91 Å². The van der Waals surface area contributed by atoms with Crippen LogP contribution in [0.2, 0.25) is 0 Å². The van der Waals surface area contributed by atoms with Gasteiger partial charge in [-0.1, -0.05) is 18.6 Å². The average molecular weight is 353 g/mol. The molecule has 134 valence electrons. The third-order valence-corrected chi connectivity index (χ3v) is 4.88. The number of rotatable bonds is 3. The standard InChI is InChI=1S/C20H20FN3O2/c21-16-8-6-14(7-9-16)15-4-1-2-10-24(13-15)20(25)18-12-17(22-23-18)19-5-3-11-26-19/h3,5-9,11-12,15H,1-2,4,10,13H2,(H,22,23)/t15-/m1/s1. The SMILES string of the molecule is O=C(c1cc(-c2ccco2)[nH]n1)N1CCCC[C@@H](c2ccc(F)cc2)C1. The maximum atomic E-state index is 13.2. The molecule has 0 saturated carbocycles. The summed E-state index contributed by atoms with van der Waals surface area (Å²) in [6, 6.07) is 11.9. The fraction of sp³-hybridized carbons (Fsp3) is 0.300. The Balaban J connectivity index is 1.52. The third-order valence-electron chi connectivity index (χ3n) is 4.88. The van der Waals surface area contributed by atoms with Crippen molar-refractivity contribution in [2.45, 2.75) is 25.2 Å². The summed E-state index contributed by atoms with van der Waals surface area (Å²) in [7, 11) is 0. The monoisotopic (exact) mass is 353 g/mol. The Kier molecular flexibility index (Phi) is 4.56. The number of hydrogen-bond acceptors (Lipinski definition) is 3. The van der Waals surface area contributed by atoms with Gasteiger partial charge in [-0.05, 0) is 42.7 Å². The zero-order valence-electron chi connectivity index (χ0n) is 14.3. The van der Waals surface area contributed by atoms with Crippen LogP contribution in [-0.4, -0.2) is 34.1 Å². The zero-order valence-corrected chi connectivity index (χ0v) is 14.3. The molecule has 3 aromatic rings. The van der Waals surface area contributed by atoms with E-state index in [-0.39, 0.29) is 17.6 Å². The summed E-state index contributed by atoms with van der Waals surface area (Å²) in [5.74, 6) is 0.535. The molecule has 1 aliphatic rings. The third kappa shape index (κ3) is 3.40. The first-order valence-electron chi connectivity index (χ1n) is 8.85. The summed E-state index contributed by atoms with van der Waals surface area (Å²) >= 11 is 0. The highest BCUT2D eigenvalue weighted by molar-refractivity contribution is 5.93. The summed E-state index contributed by atoms with van der Waals surface area (Å²) in [6.45, 7) is 1.33. The molecular formula is C20H20FN3O2. The summed E-state index contributed by atoms with van der Waals surface area (Å²) in [5.41, 5.74) is 2.14. The first-order valence-corrected chi connectivity index (χ1v) is 8.85. The van der Waals surface area contributed by atoms with Crippen LogP contribution in [0.1, 0.15) is 41.2 Å². The van der Waals surface area contributed by atoms with Crippen LogP contribution in [0.15, 0.2) is 53.1 Å². The van der Waals surface area contributed by atoms with Crippen molar-refractivity contribution in [2.75, 3.05) is 13.1 Å². The molecular weight excluding hydrogens is 333 g/mol. The van der Waals surface area contributed by atoms with Gasteiger partial charge in [-0.2, -0.15) is 5.10 Å². The number of aromatic amines is 1. The van der Waals surface area contributed by atoms with Crippen LogP contribution in [0.25, 0.3) is 11.5 Å². The van der Waals surface area contributed by atoms with Gasteiger partial charge in [0.05, 0.1) is 6.26 Å². The fourth-order valence-corrected chi connectivity index (χ4v) is 3.48. The second-order valence-electron chi connectivity index (χ2n) is 6.64. The molecule has 4 rings (SSSR count). The highest BCUT2D eigenvalue weighted by Gasteiger charge is 2.25. The van der Waals surface area contributed by atoms with Crippen LogP contribution < -0.4 is 0 Å². The first-order chi connectivity index (χ1) is 12.7. The number of carbonyl (C=O) groups excluding carboxylic acids is 1. The van der Waals surface area contributed by atoms with Crippen LogP contribution in [0.4, 0.5) is 4.39 Å². The van der Waals surface area contributed by atoms with E-state index in [9.17, 15) is 9.18 Å². The Morgan fingerprint density at radius 3 is 2.85 bits per heavy atom. The molecule has 1 atom stereocenters. The fourth-order valence-electron chi connectivity index (χ4n) is 3.48. The number of halogens is 1. The number of likely N-dealkylation sites (tertiary alicyclic amines) is 1. The van der Waals surface area contributed by atoms with Crippen molar-refractivity contribution < 1.29 is 13.6 Å². The van der Waals surface area contributed by atoms with Crippen molar-refractivity contribution in [1.82, 2.24) is 15.1 Å². The second-order valence-corrected chi connectivity index (χ2v) is 6.64. The number of nitrogens with one attached hydrogen (secondary N) is 1. The lowest BCUT2D eigenvalue weighted by atomic mass is 9.94. The Morgan fingerprint density at radius 1 is 1.23 bits per heavy atom. The van der Waals surface area contributed by atoms with Gasteiger partial charge in [-0.25, -0.2) is 4.39 Å². The number of nitrogens with zero attached hydrogens (tertiary/aromatic N) is 2. The molecule has 1 saturated heterocycles. The second kappa shape index (κ2) is 7.15. The summed E-state index contributed by atoms with van der Waals surface area (Å²) in [6.07, 6.45) is 4.58. The molecule has 1 N–H and O–H groups in total. The number of furan rings is 1. The van der Waals surface area contributed by atoms with Crippen molar-refractivity contribution in [3.05, 3.63) is 65.8 Å². The molecule has 2 aromatic heterocycles. The molecule has 1 fully saturated rings. The zero-order chi connectivity index (χ0) is 17.9. The minimum atomic E-state index is -0.239. The minimum Gasteiger partial charge on any atom is -0.463 e. The molecule has 0 unspecified atom stereocenters. The number of H-pyrrole nitrogens is 1. The highest BCUT2D eigenvalue weighted by Crippen LogP contribution is 2.28. The van der Waals surface area contributed by atoms with Crippen molar-refractivity contribution in [2.24, 2.45) is 0 Å². The summed E-state index contributed by atoms with van der Waals surface area (Å²) < 4.78 is 18.5. The summed E-state index contributed by atoms with van der Waals surface area (Å²) in [4.78, 5) is 14.8. The number of benzene rings is 1. The topological polar surface area (TPSA) is 62.1 Å². The van der Waals surface area contributed by atoms with Crippen molar-refractivity contribution in [3.63, 3.8) is 0 Å². The molecule has 1 amide bonds. The van der Waals surface area contributed by atoms with E-state index < -0.39 is 0 Å². The molecule has 0 radical (unpaired) electrons. The quantitative estimate of drug-likeness (QED) is 0.767. The van der Waals surface area contributed by atoms with E-state index in [0.717, 1.165) is 24.8 Å². The van der Waals surface area contributed by atoms with Gasteiger partial charge in [-0.3, -0.25) is 9.89 Å². The first kappa shape index (κ1) is 16.6. The largest absolute Gasteiger partial charge is 0.463 e. The van der Waals surface area contributed by atoms with Gasteiger partial charge in [-0.15, -0.1) is 0 Å². The highest BCUT2D eigenvalue weighted by atomic mass is 19.1. The molecule has 0 aliphatic carbocycles. The van der Waals surface area contributed by atoms with Gasteiger partial charge in [0.2, 0.25) is 0 Å². The van der Waals surface area contributed by atoms with Gasteiger partial charge < -0.3 is 9.32 Å². The van der Waals surface area contributed by atoms with Crippen molar-refractivity contribution in [3.8, 4) is 11.5 Å². The molecule has 26 heavy (non-hydrogen) atoms. The Bertz CT molecular complexity index is 871. The van der Waals surface area contributed by atoms with Crippen LogP contribution in [0.3, 0.4) is 0 Å². The van der Waals surface area contributed by atoms with E-state index in [1.54, 1.807) is 18.4 Å². The number of carbonyl (C=O) groups is 1. The van der Waals surface area contributed by atoms with Gasteiger partial charge in [0, 0.05) is 25.1 Å². The van der Waals surface area contributed by atoms with Gasteiger partial charge in [0.1, 0.15) is 11.5 Å². The number of amides is 1. The lowest BCUT2D eigenvalue weighted by molar-refractivity contribution is 0.0748. The normalized spacial score (nSPS) is 17.9. The van der Waals surface area contributed by atoms with E-state index >= 15 is 0 Å². The molecule has 1 aromatic carbocycles. The smallest absolute Gasteiger partial charge is 0.274 e. The average Bonchev–Trinajstić information content (AvgIpc) is 3.29. The molecule has 6 heteroatoms. The predicted molar refractivity (Wildman–Crippen MR) is 95.2 cm³/mol. The van der Waals surface area contributed by atoms with E-state index in [1.165, 1.54) is 12.1 Å². The lowest BCUT2D eigenvalue weighted by Gasteiger charge is -2.24. The van der Waals surface area contributed by atoms with E-state index in [2.05, 4.69) is 10.2 Å². The summed E-state index contributed by atoms with van der Waals surface area (Å²) in [5, 5.41) is 7.02. The van der Waals surface area contributed by atoms with Crippen molar-refractivity contribution in [1.29, 1.82) is 0 Å². The van der Waals surface area contributed by atoms with Crippen LogP contribution in [-0.2, 0) is 0 Å². The molecule has 0 bridgehead atoms. The maximum absolute atomic E-state index is 13.2. The Morgan fingerprint density at radius 2 is 2.08 bits per heavy atom. The van der Waals surface area contributed by atoms with Crippen LogP contribution >= 0.6 is 0 Å². The van der Waals surface area contributed by atoms with Crippen LogP contribution in [0.5, 0.6) is 0 Å². The van der Waals surface area contributed by atoms with Crippen LogP contribution in [0, 0.1) is 5.82 Å². The van der Waals surface area contributed by atoms with Gasteiger partial charge >= 0.3 is 0 Å². The predicted octanol–water partition coefficient (Wildman–Crippen LogP) is 4.22. The lowest BCUT2D eigenvalue weighted by Crippen LogP contribution is -2.34. The maximum Gasteiger partial charge on any atom is 0.274 e. The van der Waals surface area contributed by atoms with Crippen molar-refractivity contribution >= 4 is 5.91 Å². The molecule has 1 aliphatic heterocycles.